The molecule has 5 heteroatoms. The van der Waals surface area contributed by atoms with E-state index in [2.05, 4.69) is 0 Å². The molecule has 1 rings (SSSR count). The van der Waals surface area contributed by atoms with Gasteiger partial charge in [-0.15, -0.1) is 11.6 Å². The maximum absolute atomic E-state index is 11.7. The van der Waals surface area contributed by atoms with Crippen LogP contribution < -0.4 is 0 Å². The average Bonchev–Trinajstić information content (AvgIpc) is 2.38. The lowest BCUT2D eigenvalue weighted by Gasteiger charge is -2.10. The molecule has 0 radical (unpaired) electrons. The smallest absolute Gasteiger partial charge is 0.338 e. The van der Waals surface area contributed by atoms with Crippen LogP contribution in [0, 0.1) is 0 Å². The van der Waals surface area contributed by atoms with Crippen molar-refractivity contribution in [2.75, 3.05) is 12.5 Å². The van der Waals surface area contributed by atoms with Crippen LogP contribution in [-0.2, 0) is 16.0 Å². The monoisotopic (exact) mass is 268 g/mol. The average molecular weight is 269 g/mol. The van der Waals surface area contributed by atoms with E-state index in [0.29, 0.717) is 17.4 Å². The SMILES string of the molecule is CCOC(=O)c1cccc(C=O)c1CC(=O)CCl. The Hall–Kier alpha value is -1.68. The number of Topliss-reactive ketones (excluding diaryl/α,β-unsaturated/α-hetero) is 1. The van der Waals surface area contributed by atoms with Gasteiger partial charge in [-0.05, 0) is 18.6 Å². The third kappa shape index (κ3) is 3.40. The highest BCUT2D eigenvalue weighted by molar-refractivity contribution is 6.27. The molecule has 0 N–H and O–H groups in total. The van der Waals surface area contributed by atoms with E-state index < -0.39 is 5.97 Å². The van der Waals surface area contributed by atoms with Crippen LogP contribution >= 0.6 is 11.6 Å². The molecule has 96 valence electrons. The molecule has 0 unspecified atom stereocenters. The standard InChI is InChI=1S/C13H13ClO4/c1-2-18-13(17)11-5-3-4-9(8-15)12(11)6-10(16)7-14/h3-5,8H,2,6-7H2,1H3. The van der Waals surface area contributed by atoms with Gasteiger partial charge in [0.25, 0.3) is 0 Å². The second-order valence-electron chi connectivity index (χ2n) is 3.56. The van der Waals surface area contributed by atoms with Gasteiger partial charge in [-0.2, -0.15) is 0 Å². The second-order valence-corrected chi connectivity index (χ2v) is 3.83. The lowest BCUT2D eigenvalue weighted by Crippen LogP contribution is -2.14. The van der Waals surface area contributed by atoms with E-state index >= 15 is 0 Å². The first-order valence-corrected chi connectivity index (χ1v) is 5.99. The van der Waals surface area contributed by atoms with Crippen LogP contribution in [-0.4, -0.2) is 30.5 Å². The topological polar surface area (TPSA) is 60.4 Å². The van der Waals surface area contributed by atoms with Crippen molar-refractivity contribution in [2.24, 2.45) is 0 Å². The Morgan fingerprint density at radius 2 is 2.11 bits per heavy atom. The zero-order valence-electron chi connectivity index (χ0n) is 9.94. The summed E-state index contributed by atoms with van der Waals surface area (Å²) in [6, 6.07) is 4.65. The molecule has 0 atom stereocenters. The quantitative estimate of drug-likeness (QED) is 0.450. The number of alkyl halides is 1. The Balaban J connectivity index is 3.19. The molecule has 0 spiro atoms. The Morgan fingerprint density at radius 3 is 2.67 bits per heavy atom. The van der Waals surface area contributed by atoms with Gasteiger partial charge in [0.15, 0.2) is 5.78 Å². The molecule has 0 heterocycles. The van der Waals surface area contributed by atoms with Crippen LogP contribution in [0.1, 0.15) is 33.2 Å². The fourth-order valence-corrected chi connectivity index (χ4v) is 1.65. The minimum atomic E-state index is -0.543. The first-order chi connectivity index (χ1) is 8.63. The van der Waals surface area contributed by atoms with Gasteiger partial charge in [-0.25, -0.2) is 4.79 Å². The lowest BCUT2D eigenvalue weighted by atomic mass is 9.97. The first-order valence-electron chi connectivity index (χ1n) is 5.45. The largest absolute Gasteiger partial charge is 0.462 e. The molecule has 0 aliphatic heterocycles. The Kier molecular flexibility index (Phi) is 5.52. The second kappa shape index (κ2) is 6.91. The molecule has 0 bridgehead atoms. The summed E-state index contributed by atoms with van der Waals surface area (Å²) in [6.45, 7) is 1.91. The maximum atomic E-state index is 11.7. The number of rotatable bonds is 6. The number of hydrogen-bond donors (Lipinski definition) is 0. The highest BCUT2D eigenvalue weighted by Gasteiger charge is 2.17. The lowest BCUT2D eigenvalue weighted by molar-refractivity contribution is -0.116. The Labute approximate surface area is 110 Å². The minimum absolute atomic E-state index is 0.0490. The Bertz CT molecular complexity index is 468. The van der Waals surface area contributed by atoms with Gasteiger partial charge in [0, 0.05) is 12.0 Å². The first kappa shape index (κ1) is 14.4. The molecule has 1 aromatic carbocycles. The number of hydrogen-bond acceptors (Lipinski definition) is 4. The summed E-state index contributed by atoms with van der Waals surface area (Å²) in [7, 11) is 0. The van der Waals surface area contributed by atoms with E-state index in [1.807, 2.05) is 0 Å². The van der Waals surface area contributed by atoms with E-state index in [1.54, 1.807) is 19.1 Å². The summed E-state index contributed by atoms with van der Waals surface area (Å²) in [5.41, 5.74) is 0.913. The van der Waals surface area contributed by atoms with Crippen molar-refractivity contribution in [1.82, 2.24) is 0 Å². The number of esters is 1. The number of ketones is 1. The highest BCUT2D eigenvalue weighted by Crippen LogP contribution is 2.16. The van der Waals surface area contributed by atoms with Crippen LogP contribution in [0.15, 0.2) is 18.2 Å². The van der Waals surface area contributed by atoms with Crippen molar-refractivity contribution in [2.45, 2.75) is 13.3 Å². The number of ether oxygens (including phenoxy) is 1. The number of benzene rings is 1. The van der Waals surface area contributed by atoms with Crippen LogP contribution in [0.4, 0.5) is 0 Å². The van der Waals surface area contributed by atoms with Gasteiger partial charge in [0.05, 0.1) is 18.1 Å². The number of carbonyl (C=O) groups excluding carboxylic acids is 3. The van der Waals surface area contributed by atoms with Crippen molar-refractivity contribution in [3.63, 3.8) is 0 Å². The van der Waals surface area contributed by atoms with Gasteiger partial charge in [0.1, 0.15) is 6.29 Å². The zero-order valence-corrected chi connectivity index (χ0v) is 10.7. The van der Waals surface area contributed by atoms with Crippen LogP contribution in [0.2, 0.25) is 0 Å². The van der Waals surface area contributed by atoms with Crippen molar-refractivity contribution < 1.29 is 19.1 Å². The predicted octanol–water partition coefficient (Wildman–Crippen LogP) is 2.03. The third-order valence-electron chi connectivity index (χ3n) is 2.36. The van der Waals surface area contributed by atoms with Crippen molar-refractivity contribution >= 4 is 29.6 Å². The highest BCUT2D eigenvalue weighted by atomic mass is 35.5. The molecule has 0 saturated heterocycles. The maximum Gasteiger partial charge on any atom is 0.338 e. The van der Waals surface area contributed by atoms with Gasteiger partial charge in [-0.3, -0.25) is 9.59 Å². The van der Waals surface area contributed by atoms with Gasteiger partial charge < -0.3 is 4.74 Å². The normalized spacial score (nSPS) is 9.89. The summed E-state index contributed by atoms with van der Waals surface area (Å²) >= 11 is 5.44. The summed E-state index contributed by atoms with van der Waals surface area (Å²) in [6.07, 6.45) is 0.562. The van der Waals surface area contributed by atoms with E-state index in [-0.39, 0.29) is 30.3 Å². The number of halogens is 1. The third-order valence-corrected chi connectivity index (χ3v) is 2.66. The van der Waals surface area contributed by atoms with Crippen molar-refractivity contribution in [1.29, 1.82) is 0 Å². The number of carbonyl (C=O) groups is 3. The van der Waals surface area contributed by atoms with Gasteiger partial charge in [0.2, 0.25) is 0 Å². The molecule has 0 aromatic heterocycles. The summed E-state index contributed by atoms with van der Waals surface area (Å²) in [5.74, 6) is -0.954. The molecule has 18 heavy (non-hydrogen) atoms. The van der Waals surface area contributed by atoms with Gasteiger partial charge in [-0.1, -0.05) is 12.1 Å². The molecule has 0 saturated carbocycles. The molecule has 4 nitrogen and oxygen atoms in total. The molecule has 0 aliphatic carbocycles. The van der Waals surface area contributed by atoms with E-state index in [4.69, 9.17) is 16.3 Å². The van der Waals surface area contributed by atoms with Gasteiger partial charge >= 0.3 is 5.97 Å². The van der Waals surface area contributed by atoms with Crippen molar-refractivity contribution in [3.8, 4) is 0 Å². The minimum Gasteiger partial charge on any atom is -0.462 e. The predicted molar refractivity (Wildman–Crippen MR) is 67.2 cm³/mol. The fourth-order valence-electron chi connectivity index (χ4n) is 1.56. The molecular formula is C13H13ClO4. The summed E-state index contributed by atoms with van der Waals surface area (Å²) in [5, 5.41) is 0. The van der Waals surface area contributed by atoms with Crippen LogP contribution in [0.5, 0.6) is 0 Å². The van der Waals surface area contributed by atoms with Crippen molar-refractivity contribution in [3.05, 3.63) is 34.9 Å². The molecule has 1 aromatic rings. The van der Waals surface area contributed by atoms with E-state index in [0.717, 1.165) is 0 Å². The molecule has 0 fully saturated rings. The molecular weight excluding hydrogens is 256 g/mol. The summed E-state index contributed by atoms with van der Waals surface area (Å²) in [4.78, 5) is 34.0. The Morgan fingerprint density at radius 1 is 1.39 bits per heavy atom. The fraction of sp³-hybridized carbons (Fsp3) is 0.308. The van der Waals surface area contributed by atoms with Crippen LogP contribution in [0.25, 0.3) is 0 Å². The van der Waals surface area contributed by atoms with Crippen LogP contribution in [0.3, 0.4) is 0 Å². The summed E-state index contributed by atoms with van der Waals surface area (Å²) < 4.78 is 4.88. The molecule has 0 amide bonds. The molecule has 0 aliphatic rings. The number of aldehydes is 1. The van der Waals surface area contributed by atoms with E-state index in [9.17, 15) is 14.4 Å². The van der Waals surface area contributed by atoms with E-state index in [1.165, 1.54) is 6.07 Å². The zero-order chi connectivity index (χ0) is 13.5.